The molecule has 10 nitrogen and oxygen atoms in total. The summed E-state index contributed by atoms with van der Waals surface area (Å²) in [6.07, 6.45) is 10.4. The average Bonchev–Trinajstić information content (AvgIpc) is 3.42. The van der Waals surface area contributed by atoms with E-state index >= 15 is 0 Å². The van der Waals surface area contributed by atoms with E-state index in [4.69, 9.17) is 15.5 Å². The zero-order chi connectivity index (χ0) is 32.0. The van der Waals surface area contributed by atoms with Crippen molar-refractivity contribution >= 4 is 28.6 Å². The van der Waals surface area contributed by atoms with E-state index < -0.39 is 18.2 Å². The van der Waals surface area contributed by atoms with Crippen LogP contribution in [0.4, 0.5) is 5.69 Å². The predicted molar refractivity (Wildman–Crippen MR) is 172 cm³/mol. The van der Waals surface area contributed by atoms with Gasteiger partial charge in [-0.1, -0.05) is 38.5 Å². The molecule has 3 heterocycles. The molecule has 2 N–H and O–H groups in total. The lowest BCUT2D eigenvalue weighted by Gasteiger charge is -2.21. The summed E-state index contributed by atoms with van der Waals surface area (Å²) in [7, 11) is 5.58. The number of likely N-dealkylation sites (N-methyl/N-ethyl adjacent to an activating group) is 2. The van der Waals surface area contributed by atoms with E-state index in [1.54, 1.807) is 54.2 Å². The van der Waals surface area contributed by atoms with Gasteiger partial charge in [-0.2, -0.15) is 5.26 Å². The molecule has 1 amide bonds. The molecule has 44 heavy (non-hydrogen) atoms. The maximum Gasteiger partial charge on any atom is 0.325 e. The number of nitrogens with two attached hydrogens (primary N) is 1. The molecular formula is C34H39N7O3. The molecule has 0 saturated carbocycles. The van der Waals surface area contributed by atoms with E-state index in [9.17, 15) is 14.9 Å². The molecule has 0 aliphatic rings. The van der Waals surface area contributed by atoms with Gasteiger partial charge >= 0.3 is 5.97 Å². The summed E-state index contributed by atoms with van der Waals surface area (Å²) in [4.78, 5) is 38.3. The molecule has 3 aromatic heterocycles. The summed E-state index contributed by atoms with van der Waals surface area (Å²) in [5, 5.41) is 10.3. The van der Waals surface area contributed by atoms with Crippen LogP contribution in [0.3, 0.4) is 0 Å². The van der Waals surface area contributed by atoms with Gasteiger partial charge in [-0.3, -0.25) is 19.1 Å². The summed E-state index contributed by atoms with van der Waals surface area (Å²) in [6, 6.07) is 12.7. The largest absolute Gasteiger partial charge is 0.440 e. The van der Waals surface area contributed by atoms with Crippen LogP contribution >= 0.6 is 0 Å². The van der Waals surface area contributed by atoms with E-state index in [1.807, 2.05) is 75.4 Å². The Bertz CT molecular complexity index is 1720. The van der Waals surface area contributed by atoms with Gasteiger partial charge in [0, 0.05) is 60.3 Å². The molecule has 4 rings (SSSR count). The highest BCUT2D eigenvalue weighted by atomic mass is 16.6. The number of carbonyl (C=O) groups is 2. The van der Waals surface area contributed by atoms with Crippen LogP contribution in [-0.2, 0) is 14.3 Å². The first-order valence-electron chi connectivity index (χ1n) is 14.6. The van der Waals surface area contributed by atoms with Crippen LogP contribution in [0.5, 0.6) is 0 Å². The van der Waals surface area contributed by atoms with E-state index in [0.717, 1.165) is 34.1 Å². The number of nitrogens with zero attached hydrogens (tertiary/aromatic N) is 6. The van der Waals surface area contributed by atoms with Crippen molar-refractivity contribution < 1.29 is 14.3 Å². The summed E-state index contributed by atoms with van der Waals surface area (Å²) in [6.45, 7) is 6.34. The first-order chi connectivity index (χ1) is 21.0. The minimum absolute atomic E-state index is 0.0196. The predicted octanol–water partition coefficient (Wildman–Crippen LogP) is 5.15. The molecule has 0 radical (unpaired) electrons. The summed E-state index contributed by atoms with van der Waals surface area (Å²) in [5.74, 6) is -0.655. The van der Waals surface area contributed by atoms with Crippen LogP contribution in [-0.4, -0.2) is 65.0 Å². The highest BCUT2D eigenvalue weighted by Crippen LogP contribution is 2.35. The number of pyridine rings is 2. The quantitative estimate of drug-likeness (QED) is 0.187. The Morgan fingerprint density at radius 1 is 1.09 bits per heavy atom. The number of fused-ring (bicyclic) bond motifs is 1. The number of ether oxygens (including phenoxy) is 1. The summed E-state index contributed by atoms with van der Waals surface area (Å²) in [5.41, 5.74) is 11.1. The standard InChI is InChI=1S/C34H39N7O3/c1-7-22(2)32(36)34(43)44-23(3)41-21-30(25-11-8-10-24(14-25)17-35)29-16-27(19-38-33(29)41)26-15-28(20-37-18-26)40(6)31(42)12-9-13-39(4)5/h8-12,14-16,18-23,32H,7,13,36H2,1-6H3/b12-9+/t22-,23?,32-/m0/s1. The van der Waals surface area contributed by atoms with Gasteiger partial charge in [-0.15, -0.1) is 0 Å². The molecule has 0 fully saturated rings. The highest BCUT2D eigenvalue weighted by molar-refractivity contribution is 6.01. The van der Waals surface area contributed by atoms with Gasteiger partial charge < -0.3 is 20.3 Å². The van der Waals surface area contributed by atoms with Crippen molar-refractivity contribution in [3.05, 3.63) is 78.9 Å². The average molecular weight is 594 g/mol. The van der Waals surface area contributed by atoms with Gasteiger partial charge in [0.25, 0.3) is 0 Å². The van der Waals surface area contributed by atoms with Gasteiger partial charge in [0.05, 0.1) is 23.5 Å². The van der Waals surface area contributed by atoms with Gasteiger partial charge in [-0.25, -0.2) is 4.98 Å². The normalized spacial score (nSPS) is 13.5. The fourth-order valence-electron chi connectivity index (χ4n) is 4.71. The van der Waals surface area contributed by atoms with Crippen LogP contribution in [0.1, 0.15) is 39.0 Å². The van der Waals surface area contributed by atoms with Crippen molar-refractivity contribution in [3.8, 4) is 28.3 Å². The number of benzene rings is 1. The second kappa shape index (κ2) is 14.1. The minimum atomic E-state index is -0.733. The Labute approximate surface area is 258 Å². The lowest BCUT2D eigenvalue weighted by molar-refractivity contribution is -0.155. The molecule has 1 unspecified atom stereocenters. The minimum Gasteiger partial charge on any atom is -0.440 e. The van der Waals surface area contributed by atoms with Crippen molar-refractivity contribution in [1.29, 1.82) is 5.26 Å². The second-order valence-corrected chi connectivity index (χ2v) is 11.2. The third-order valence-corrected chi connectivity index (χ3v) is 7.69. The smallest absolute Gasteiger partial charge is 0.325 e. The maximum absolute atomic E-state index is 12.8. The lowest BCUT2D eigenvalue weighted by Crippen LogP contribution is -2.38. The van der Waals surface area contributed by atoms with Crippen LogP contribution in [0.2, 0.25) is 0 Å². The lowest BCUT2D eigenvalue weighted by atomic mass is 10.0. The second-order valence-electron chi connectivity index (χ2n) is 11.2. The number of nitriles is 1. The number of amides is 1. The number of anilines is 1. The number of hydrogen-bond acceptors (Lipinski definition) is 8. The SMILES string of the molecule is CC[C@H](C)[C@H](N)C(=O)OC(C)n1cc(-c2cccc(C#N)c2)c2cc(-c3cncc(N(C)C(=O)/C=C/CN(C)C)c3)cnc21. The Hall–Kier alpha value is -4.85. The topological polar surface area (TPSA) is 130 Å². The third-order valence-electron chi connectivity index (χ3n) is 7.69. The van der Waals surface area contributed by atoms with E-state index in [0.29, 0.717) is 23.4 Å². The number of rotatable bonds is 11. The van der Waals surface area contributed by atoms with Gasteiger partial charge in [0.2, 0.25) is 5.91 Å². The first kappa shape index (κ1) is 32.1. The Morgan fingerprint density at radius 3 is 2.55 bits per heavy atom. The fraction of sp³-hybridized carbons (Fsp3) is 0.324. The van der Waals surface area contributed by atoms with E-state index in [2.05, 4.69) is 11.1 Å². The zero-order valence-electron chi connectivity index (χ0n) is 26.1. The Morgan fingerprint density at radius 2 is 1.84 bits per heavy atom. The first-order valence-corrected chi connectivity index (χ1v) is 14.6. The van der Waals surface area contributed by atoms with Crippen molar-refractivity contribution in [3.63, 3.8) is 0 Å². The summed E-state index contributed by atoms with van der Waals surface area (Å²) >= 11 is 0. The van der Waals surface area contributed by atoms with Gasteiger partial charge in [-0.05, 0) is 56.8 Å². The molecule has 1 aromatic carbocycles. The zero-order valence-corrected chi connectivity index (χ0v) is 26.1. The summed E-state index contributed by atoms with van der Waals surface area (Å²) < 4.78 is 7.60. The van der Waals surface area contributed by atoms with Gasteiger partial charge in [0.1, 0.15) is 11.7 Å². The number of hydrogen-bond donors (Lipinski definition) is 1. The number of aromatic nitrogens is 3. The molecule has 228 valence electrons. The maximum atomic E-state index is 12.8. The van der Waals surface area contributed by atoms with Crippen molar-refractivity contribution in [2.24, 2.45) is 11.7 Å². The van der Waals surface area contributed by atoms with E-state index in [1.165, 1.54) is 0 Å². The van der Waals surface area contributed by atoms with E-state index in [-0.39, 0.29) is 11.8 Å². The van der Waals surface area contributed by atoms with Crippen LogP contribution in [0, 0.1) is 17.2 Å². The van der Waals surface area contributed by atoms with Crippen LogP contribution in [0.15, 0.2) is 73.3 Å². The van der Waals surface area contributed by atoms with Crippen LogP contribution < -0.4 is 10.6 Å². The van der Waals surface area contributed by atoms with Crippen molar-refractivity contribution in [1.82, 2.24) is 19.4 Å². The molecule has 0 spiro atoms. The fourth-order valence-corrected chi connectivity index (χ4v) is 4.71. The monoisotopic (exact) mass is 593 g/mol. The van der Waals surface area contributed by atoms with Gasteiger partial charge in [0.15, 0.2) is 6.23 Å². The molecule has 0 bridgehead atoms. The van der Waals surface area contributed by atoms with Crippen molar-refractivity contribution in [2.75, 3.05) is 32.6 Å². The van der Waals surface area contributed by atoms with Crippen LogP contribution in [0.25, 0.3) is 33.3 Å². The Kier molecular flexibility index (Phi) is 10.3. The third kappa shape index (κ3) is 7.19. The van der Waals surface area contributed by atoms with Crippen molar-refractivity contribution in [2.45, 2.75) is 39.5 Å². The molecule has 0 saturated heterocycles. The molecule has 4 aromatic rings. The number of carbonyl (C=O) groups excluding carboxylic acids is 2. The molecule has 0 aliphatic carbocycles. The molecule has 10 heteroatoms. The highest BCUT2D eigenvalue weighted by Gasteiger charge is 2.25. The molecular weight excluding hydrogens is 554 g/mol. The molecule has 3 atom stereocenters. The number of esters is 1. The molecule has 0 aliphatic heterocycles. The Balaban J connectivity index is 1.75.